The molecule has 0 aliphatic heterocycles. The van der Waals surface area contributed by atoms with Gasteiger partial charge in [0.15, 0.2) is 11.6 Å². The summed E-state index contributed by atoms with van der Waals surface area (Å²) in [6.07, 6.45) is 3.61. The van der Waals surface area contributed by atoms with Gasteiger partial charge in [0.2, 0.25) is 5.91 Å². The first-order valence-electron chi connectivity index (χ1n) is 5.79. The Kier molecular flexibility index (Phi) is 3.65. The van der Waals surface area contributed by atoms with E-state index in [9.17, 15) is 14.4 Å². The van der Waals surface area contributed by atoms with E-state index in [2.05, 4.69) is 10.4 Å². The Labute approximate surface area is 114 Å². The van der Waals surface area contributed by atoms with E-state index in [4.69, 9.17) is 5.53 Å². The maximum absolute atomic E-state index is 11.9. The first-order chi connectivity index (χ1) is 9.51. The molecular weight excluding hydrogens is 258 g/mol. The van der Waals surface area contributed by atoms with Gasteiger partial charge in [-0.2, -0.15) is 5.11 Å². The number of benzene rings is 1. The lowest BCUT2D eigenvalue weighted by molar-refractivity contribution is -0.114. The highest BCUT2D eigenvalue weighted by molar-refractivity contribution is 6.34. The summed E-state index contributed by atoms with van der Waals surface area (Å²) in [6.45, 7) is 1.33. The number of carbonyl (C=O) groups excluding carboxylic acids is 3. The van der Waals surface area contributed by atoms with Crippen molar-refractivity contribution in [2.24, 2.45) is 5.11 Å². The second-order valence-corrected chi connectivity index (χ2v) is 4.18. The summed E-state index contributed by atoms with van der Waals surface area (Å²) >= 11 is 0. The van der Waals surface area contributed by atoms with Gasteiger partial charge >= 0.3 is 0 Å². The summed E-state index contributed by atoms with van der Waals surface area (Å²) < 4.78 is 0. The minimum atomic E-state index is -0.320. The summed E-state index contributed by atoms with van der Waals surface area (Å²) in [6, 6.07) is 4.56. The molecule has 0 saturated carbocycles. The van der Waals surface area contributed by atoms with E-state index < -0.39 is 0 Å². The fraction of sp³-hybridized carbons (Fsp3) is 0.0714. The first-order valence-corrected chi connectivity index (χ1v) is 5.79. The lowest BCUT2D eigenvalue weighted by atomic mass is 9.94. The van der Waals surface area contributed by atoms with Gasteiger partial charge in [-0.3, -0.25) is 14.4 Å². The number of ketones is 2. The lowest BCUT2D eigenvalue weighted by Crippen LogP contribution is -2.12. The molecule has 20 heavy (non-hydrogen) atoms. The van der Waals surface area contributed by atoms with Crippen LogP contribution in [0.3, 0.4) is 0 Å². The Bertz CT molecular complexity index is 687. The van der Waals surface area contributed by atoms with Crippen molar-refractivity contribution >= 4 is 34.4 Å². The molecule has 2 rings (SSSR count). The van der Waals surface area contributed by atoms with E-state index in [1.807, 2.05) is 0 Å². The highest BCUT2D eigenvalue weighted by Crippen LogP contribution is 2.30. The number of nitrogens with one attached hydrogen (secondary N) is 2. The SMILES string of the molecule is CC(=O)Nc1cc(N=N)ccc1C1=CC(=O)C=CC1=O. The number of anilines is 1. The predicted octanol–water partition coefficient (Wildman–Crippen LogP) is 2.40. The standard InChI is InChI=1S/C14H11N3O3/c1-8(18)16-13-6-9(17-15)2-4-11(13)12-7-10(19)3-5-14(12)20/h2-7,15H,1H3,(H,16,18). The predicted molar refractivity (Wildman–Crippen MR) is 72.7 cm³/mol. The van der Waals surface area contributed by atoms with Crippen LogP contribution >= 0.6 is 0 Å². The topological polar surface area (TPSA) is 99.4 Å². The van der Waals surface area contributed by atoms with Crippen LogP contribution in [0, 0.1) is 5.53 Å². The van der Waals surface area contributed by atoms with Gasteiger partial charge in [-0.25, -0.2) is 5.53 Å². The van der Waals surface area contributed by atoms with Crippen LogP contribution in [0.15, 0.2) is 41.5 Å². The van der Waals surface area contributed by atoms with E-state index in [0.29, 0.717) is 16.9 Å². The van der Waals surface area contributed by atoms with Crippen LogP contribution < -0.4 is 5.32 Å². The molecular formula is C14H11N3O3. The Morgan fingerprint density at radius 2 is 2.00 bits per heavy atom. The summed E-state index contributed by atoms with van der Waals surface area (Å²) in [5, 5.41) is 5.84. The normalized spacial score (nSPS) is 13.9. The van der Waals surface area contributed by atoms with Crippen LogP contribution in [0.1, 0.15) is 12.5 Å². The zero-order valence-corrected chi connectivity index (χ0v) is 10.6. The molecule has 6 nitrogen and oxygen atoms in total. The molecule has 0 fully saturated rings. The van der Waals surface area contributed by atoms with Gasteiger partial charge in [-0.15, -0.1) is 0 Å². The van der Waals surface area contributed by atoms with Crippen molar-refractivity contribution in [1.82, 2.24) is 0 Å². The van der Waals surface area contributed by atoms with Gasteiger partial charge in [-0.1, -0.05) is 0 Å². The lowest BCUT2D eigenvalue weighted by Gasteiger charge is -2.13. The number of hydrogen-bond donors (Lipinski definition) is 2. The summed E-state index contributed by atoms with van der Waals surface area (Å²) in [5.74, 6) is -0.923. The molecule has 6 heteroatoms. The van der Waals surface area contributed by atoms with Crippen LogP contribution in [-0.4, -0.2) is 17.5 Å². The zero-order valence-electron chi connectivity index (χ0n) is 10.6. The van der Waals surface area contributed by atoms with E-state index in [-0.39, 0.29) is 23.0 Å². The second-order valence-electron chi connectivity index (χ2n) is 4.18. The number of hydrogen-bond acceptors (Lipinski definition) is 5. The average molecular weight is 269 g/mol. The molecule has 0 spiro atoms. The monoisotopic (exact) mass is 269 g/mol. The van der Waals surface area contributed by atoms with Crippen molar-refractivity contribution in [2.75, 3.05) is 5.32 Å². The molecule has 0 heterocycles. The van der Waals surface area contributed by atoms with Crippen LogP contribution in [0.25, 0.3) is 5.57 Å². The molecule has 100 valence electrons. The van der Waals surface area contributed by atoms with Crippen molar-refractivity contribution < 1.29 is 14.4 Å². The van der Waals surface area contributed by atoms with E-state index in [1.54, 1.807) is 6.07 Å². The molecule has 0 atom stereocenters. The number of rotatable bonds is 3. The number of nitrogens with zero attached hydrogens (tertiary/aromatic N) is 1. The fourth-order valence-corrected chi connectivity index (χ4v) is 1.85. The molecule has 0 unspecified atom stereocenters. The number of carbonyl (C=O) groups is 3. The maximum Gasteiger partial charge on any atom is 0.221 e. The number of amides is 1. The molecule has 1 aromatic carbocycles. The Morgan fingerprint density at radius 1 is 1.25 bits per heavy atom. The van der Waals surface area contributed by atoms with Crippen molar-refractivity contribution in [1.29, 1.82) is 5.53 Å². The third-order valence-corrected chi connectivity index (χ3v) is 2.68. The molecule has 0 radical (unpaired) electrons. The molecule has 1 aliphatic rings. The molecule has 0 bridgehead atoms. The third-order valence-electron chi connectivity index (χ3n) is 2.68. The molecule has 1 aliphatic carbocycles. The summed E-state index contributed by atoms with van der Waals surface area (Å²) in [4.78, 5) is 34.5. The van der Waals surface area contributed by atoms with Crippen molar-refractivity contribution in [3.63, 3.8) is 0 Å². The largest absolute Gasteiger partial charge is 0.326 e. The van der Waals surface area contributed by atoms with E-state index in [0.717, 1.165) is 0 Å². The molecule has 0 saturated heterocycles. The minimum Gasteiger partial charge on any atom is -0.326 e. The van der Waals surface area contributed by atoms with Crippen molar-refractivity contribution in [3.8, 4) is 0 Å². The summed E-state index contributed by atoms with van der Waals surface area (Å²) in [5.41, 5.74) is 8.29. The second kappa shape index (κ2) is 5.40. The molecule has 1 amide bonds. The van der Waals surface area contributed by atoms with Crippen molar-refractivity contribution in [3.05, 3.63) is 42.0 Å². The van der Waals surface area contributed by atoms with E-state index in [1.165, 1.54) is 37.3 Å². The highest BCUT2D eigenvalue weighted by atomic mass is 16.1. The average Bonchev–Trinajstić information content (AvgIpc) is 2.41. The van der Waals surface area contributed by atoms with Crippen LogP contribution in [0.4, 0.5) is 11.4 Å². The van der Waals surface area contributed by atoms with Gasteiger partial charge in [0.1, 0.15) is 0 Å². The molecule has 1 aromatic rings. The molecule has 0 aromatic heterocycles. The van der Waals surface area contributed by atoms with Gasteiger partial charge < -0.3 is 5.32 Å². The van der Waals surface area contributed by atoms with E-state index >= 15 is 0 Å². The third kappa shape index (κ3) is 2.74. The van der Waals surface area contributed by atoms with Gasteiger partial charge in [0.05, 0.1) is 11.4 Å². The zero-order chi connectivity index (χ0) is 14.7. The van der Waals surface area contributed by atoms with Crippen LogP contribution in [0.5, 0.6) is 0 Å². The van der Waals surface area contributed by atoms with Gasteiger partial charge in [0.25, 0.3) is 0 Å². The Morgan fingerprint density at radius 3 is 2.65 bits per heavy atom. The van der Waals surface area contributed by atoms with Crippen LogP contribution in [-0.2, 0) is 14.4 Å². The fourth-order valence-electron chi connectivity index (χ4n) is 1.85. The smallest absolute Gasteiger partial charge is 0.221 e. The maximum atomic E-state index is 11.9. The quantitative estimate of drug-likeness (QED) is 0.650. The van der Waals surface area contributed by atoms with Crippen molar-refractivity contribution in [2.45, 2.75) is 6.92 Å². The van der Waals surface area contributed by atoms with Crippen LogP contribution in [0.2, 0.25) is 0 Å². The van der Waals surface area contributed by atoms with Gasteiger partial charge in [0, 0.05) is 18.1 Å². The summed E-state index contributed by atoms with van der Waals surface area (Å²) in [7, 11) is 0. The first kappa shape index (κ1) is 13.5. The Balaban J connectivity index is 2.55. The van der Waals surface area contributed by atoms with Gasteiger partial charge in [-0.05, 0) is 36.4 Å². The molecule has 2 N–H and O–H groups in total. The Hall–Kier alpha value is -2.89. The minimum absolute atomic E-state index is 0.206. The number of allylic oxidation sites excluding steroid dienone is 4. The highest BCUT2D eigenvalue weighted by Gasteiger charge is 2.18.